The Morgan fingerprint density at radius 1 is 1.00 bits per heavy atom. The molecule has 9 heteroatoms. The van der Waals surface area contributed by atoms with Gasteiger partial charge in [-0.2, -0.15) is 0 Å². The number of hydrogen-bond acceptors (Lipinski definition) is 8. The largest absolute Gasteiger partial charge is 0.465 e. The summed E-state index contributed by atoms with van der Waals surface area (Å²) in [5, 5.41) is 0.575. The van der Waals surface area contributed by atoms with Crippen molar-refractivity contribution in [3.05, 3.63) is 49.9 Å². The summed E-state index contributed by atoms with van der Waals surface area (Å²) in [4.78, 5) is 40.2. The number of carbonyl (C=O) groups excluding carboxylic acids is 3. The van der Waals surface area contributed by atoms with Gasteiger partial charge in [-0.05, 0) is 5.56 Å². The van der Waals surface area contributed by atoms with Crippen molar-refractivity contribution in [1.29, 1.82) is 0 Å². The number of amides is 1. The molecule has 3 rings (SSSR count). The molecule has 134 valence electrons. The fourth-order valence-corrected chi connectivity index (χ4v) is 5.82. The molecule has 0 aliphatic carbocycles. The lowest BCUT2D eigenvalue weighted by molar-refractivity contribution is -0.138. The fraction of sp³-hybridized carbons (Fsp3) is 0.176. The van der Waals surface area contributed by atoms with Gasteiger partial charge in [0, 0.05) is 5.57 Å². The number of hydrogen-bond donors (Lipinski definition) is 0. The van der Waals surface area contributed by atoms with Gasteiger partial charge in [0.05, 0.1) is 24.2 Å². The molecular formula is C17H13NO5S3. The molecule has 0 saturated heterocycles. The number of ether oxygens (including phenoxy) is 2. The third-order valence-electron chi connectivity index (χ3n) is 3.38. The van der Waals surface area contributed by atoms with Crippen LogP contribution in [0.25, 0.3) is 5.57 Å². The summed E-state index contributed by atoms with van der Waals surface area (Å²) in [6.45, 7) is 0. The van der Waals surface area contributed by atoms with Crippen LogP contribution in [0.5, 0.6) is 0 Å². The van der Waals surface area contributed by atoms with Gasteiger partial charge in [-0.3, -0.25) is 4.79 Å². The number of rotatable bonds is 4. The van der Waals surface area contributed by atoms with Crippen molar-refractivity contribution in [3.63, 3.8) is 0 Å². The van der Waals surface area contributed by atoms with Gasteiger partial charge in [0.25, 0.3) is 5.91 Å². The number of aliphatic imine (C=N–C) groups is 1. The quantitative estimate of drug-likeness (QED) is 0.705. The first-order valence-corrected chi connectivity index (χ1v) is 9.98. The summed E-state index contributed by atoms with van der Waals surface area (Å²) < 4.78 is 10.2. The van der Waals surface area contributed by atoms with Crippen LogP contribution in [-0.2, 0) is 23.9 Å². The summed E-state index contributed by atoms with van der Waals surface area (Å²) in [7, 11) is 2.51. The molecule has 2 aliphatic rings. The maximum atomic E-state index is 12.1. The third-order valence-corrected chi connectivity index (χ3v) is 6.89. The van der Waals surface area contributed by atoms with E-state index >= 15 is 0 Å². The van der Waals surface area contributed by atoms with Crippen molar-refractivity contribution in [2.45, 2.75) is 0 Å². The molecule has 2 heterocycles. The molecule has 0 spiro atoms. The van der Waals surface area contributed by atoms with Gasteiger partial charge in [-0.15, -0.1) is 0 Å². The summed E-state index contributed by atoms with van der Waals surface area (Å²) in [5.74, 6) is -1.15. The highest BCUT2D eigenvalue weighted by atomic mass is 32.2. The van der Waals surface area contributed by atoms with Gasteiger partial charge in [0.1, 0.15) is 14.9 Å². The zero-order valence-corrected chi connectivity index (χ0v) is 16.3. The summed E-state index contributed by atoms with van der Waals surface area (Å²) in [5.41, 5.74) is 1.57. The number of nitrogens with zero attached hydrogens (tertiary/aromatic N) is 1. The van der Waals surface area contributed by atoms with Gasteiger partial charge in [0.2, 0.25) is 0 Å². The van der Waals surface area contributed by atoms with E-state index in [2.05, 4.69) is 4.99 Å². The van der Waals surface area contributed by atoms with E-state index in [1.807, 2.05) is 30.3 Å². The molecule has 26 heavy (non-hydrogen) atoms. The first-order valence-electron chi connectivity index (χ1n) is 7.36. The average Bonchev–Trinajstić information content (AvgIpc) is 3.28. The first kappa shape index (κ1) is 18.8. The van der Waals surface area contributed by atoms with Crippen LogP contribution in [0, 0.1) is 0 Å². The zero-order chi connectivity index (χ0) is 18.7. The Balaban J connectivity index is 2.11. The van der Waals surface area contributed by atoms with Crippen molar-refractivity contribution >= 4 is 63.7 Å². The molecule has 0 aromatic heterocycles. The second-order valence-electron chi connectivity index (χ2n) is 4.97. The Labute approximate surface area is 162 Å². The Hall–Kier alpha value is -1.97. The van der Waals surface area contributed by atoms with Crippen LogP contribution >= 0.6 is 35.3 Å². The molecule has 0 atom stereocenters. The predicted octanol–water partition coefficient (Wildman–Crippen LogP) is 3.06. The van der Waals surface area contributed by atoms with Crippen molar-refractivity contribution in [2.75, 3.05) is 20.0 Å². The molecule has 0 bridgehead atoms. The molecule has 0 N–H and O–H groups in total. The third kappa shape index (κ3) is 3.74. The van der Waals surface area contributed by atoms with Crippen LogP contribution in [-0.4, -0.2) is 42.9 Å². The van der Waals surface area contributed by atoms with Gasteiger partial charge >= 0.3 is 11.9 Å². The van der Waals surface area contributed by atoms with Crippen LogP contribution in [0.4, 0.5) is 0 Å². The smallest absolute Gasteiger partial charge is 0.346 e. The van der Waals surface area contributed by atoms with Crippen LogP contribution < -0.4 is 0 Å². The van der Waals surface area contributed by atoms with E-state index in [1.54, 1.807) is 0 Å². The monoisotopic (exact) mass is 407 g/mol. The van der Waals surface area contributed by atoms with Crippen LogP contribution in [0.15, 0.2) is 49.4 Å². The van der Waals surface area contributed by atoms with Gasteiger partial charge in [-0.25, -0.2) is 14.6 Å². The molecule has 1 aromatic rings. The van der Waals surface area contributed by atoms with E-state index < -0.39 is 11.9 Å². The van der Waals surface area contributed by atoms with E-state index in [4.69, 9.17) is 9.47 Å². The fourth-order valence-electron chi connectivity index (χ4n) is 2.22. The van der Waals surface area contributed by atoms with E-state index in [9.17, 15) is 14.4 Å². The maximum absolute atomic E-state index is 12.1. The zero-order valence-electron chi connectivity index (χ0n) is 13.8. The van der Waals surface area contributed by atoms with Crippen molar-refractivity contribution in [3.8, 4) is 0 Å². The molecule has 2 aliphatic heterocycles. The molecule has 1 amide bonds. The van der Waals surface area contributed by atoms with Crippen molar-refractivity contribution < 1.29 is 23.9 Å². The molecule has 0 fully saturated rings. The van der Waals surface area contributed by atoms with Gasteiger partial charge < -0.3 is 9.47 Å². The van der Waals surface area contributed by atoms with E-state index in [0.29, 0.717) is 9.28 Å². The molecule has 0 radical (unpaired) electrons. The molecule has 6 nitrogen and oxygen atoms in total. The van der Waals surface area contributed by atoms with E-state index in [-0.39, 0.29) is 21.5 Å². The molecular weight excluding hydrogens is 394 g/mol. The van der Waals surface area contributed by atoms with E-state index in [0.717, 1.165) is 34.7 Å². The molecule has 0 unspecified atom stereocenters. The second-order valence-corrected chi connectivity index (χ2v) is 8.24. The number of methoxy groups -OCH3 is 2. The average molecular weight is 407 g/mol. The van der Waals surface area contributed by atoms with Crippen molar-refractivity contribution in [1.82, 2.24) is 0 Å². The highest BCUT2D eigenvalue weighted by molar-refractivity contribution is 8.30. The predicted molar refractivity (Wildman–Crippen MR) is 105 cm³/mol. The molecule has 0 saturated carbocycles. The summed E-state index contributed by atoms with van der Waals surface area (Å²) in [6.07, 6.45) is 0. The molecule has 1 aromatic carbocycles. The lowest BCUT2D eigenvalue weighted by Gasteiger charge is -2.10. The number of thioether (sulfide) groups is 3. The van der Waals surface area contributed by atoms with Gasteiger partial charge in [0.15, 0.2) is 0 Å². The van der Waals surface area contributed by atoms with Crippen LogP contribution in [0.3, 0.4) is 0 Å². The van der Waals surface area contributed by atoms with Gasteiger partial charge in [-0.1, -0.05) is 65.6 Å². The minimum absolute atomic E-state index is 0.169. The van der Waals surface area contributed by atoms with E-state index in [1.165, 1.54) is 26.0 Å². The topological polar surface area (TPSA) is 82.0 Å². The van der Waals surface area contributed by atoms with Crippen molar-refractivity contribution in [2.24, 2.45) is 4.99 Å². The highest BCUT2D eigenvalue weighted by Crippen LogP contribution is 2.53. The van der Waals surface area contributed by atoms with Crippen LogP contribution in [0.1, 0.15) is 5.56 Å². The highest BCUT2D eigenvalue weighted by Gasteiger charge is 2.35. The minimum Gasteiger partial charge on any atom is -0.465 e. The standard InChI is InChI=1S/C17H13NO5S3/c1-22-15(20)12-13(16(21)23-2)26-17(25-12)11(9-6-4-3-5-7-9)14-18-10(19)8-24-14/h3-7H,8H2,1-2H3. The first-order chi connectivity index (χ1) is 12.5. The number of esters is 2. The number of benzene rings is 1. The Kier molecular flexibility index (Phi) is 5.90. The Bertz CT molecular complexity index is 844. The SMILES string of the molecule is COC(=O)C1=C(C(=O)OC)SC(=C(C2=NC(=O)CS2)c2ccccc2)S1. The Morgan fingerprint density at radius 3 is 2.04 bits per heavy atom. The lowest BCUT2D eigenvalue weighted by Crippen LogP contribution is -2.08. The minimum atomic E-state index is -0.609. The number of carbonyl (C=O) groups is 3. The summed E-state index contributed by atoms with van der Waals surface area (Å²) in [6, 6.07) is 9.41. The lowest BCUT2D eigenvalue weighted by atomic mass is 10.1. The Morgan fingerprint density at radius 2 is 1.58 bits per heavy atom. The normalized spacial score (nSPS) is 16.6. The maximum Gasteiger partial charge on any atom is 0.346 e. The van der Waals surface area contributed by atoms with Crippen LogP contribution in [0.2, 0.25) is 0 Å². The second kappa shape index (κ2) is 8.15. The summed E-state index contributed by atoms with van der Waals surface area (Å²) >= 11 is 3.59.